The fourth-order valence-corrected chi connectivity index (χ4v) is 10.3. The summed E-state index contributed by atoms with van der Waals surface area (Å²) in [5, 5.41) is 26.1. The fraction of sp³-hybridized carbons (Fsp3) is 0. The number of halogens is 2. The second-order valence-corrected chi connectivity index (χ2v) is 14.0. The van der Waals surface area contributed by atoms with Crippen molar-refractivity contribution in [3.05, 3.63) is 145 Å². The third-order valence-corrected chi connectivity index (χ3v) is 11.9. The molecule has 0 amide bonds. The molecular weight excluding hydrogens is 615 g/mol. The zero-order valence-electron chi connectivity index (χ0n) is 26.5. The molecule has 0 spiro atoms. The van der Waals surface area contributed by atoms with Crippen molar-refractivity contribution in [3.8, 4) is 0 Å². The van der Waals surface area contributed by atoms with E-state index in [1.807, 2.05) is 12.1 Å². The molecule has 228 valence electrons. The molecule has 0 aliphatic carbocycles. The first-order valence-corrected chi connectivity index (χ1v) is 17.2. The number of fused-ring (bicyclic) bond motifs is 18. The van der Waals surface area contributed by atoms with Gasteiger partial charge in [-0.05, 0) is 119 Å². The van der Waals surface area contributed by atoms with Crippen LogP contribution in [0.2, 0.25) is 0 Å². The van der Waals surface area contributed by atoms with Crippen LogP contribution in [0.3, 0.4) is 0 Å². The van der Waals surface area contributed by atoms with E-state index in [9.17, 15) is 0 Å². The standard InChI is InChI=1S/C48H22F2/c49-34-22-21-33-39-30-18-8-7-17-29(30)37-26-14-4-2-12-24(26)35-23-11-1-3-13-25(23)36-27-15-5-6-16-28(27)38-31-19-9-10-20-32(31)40(41(33)48(34)50)47-45(38)43(36)42(35)44(37)46(39)47/h1-22H. The maximum atomic E-state index is 16.7. The van der Waals surface area contributed by atoms with Gasteiger partial charge in [-0.2, -0.15) is 0 Å². The van der Waals surface area contributed by atoms with E-state index in [1.54, 1.807) is 0 Å². The number of hydrogen-bond acceptors (Lipinski definition) is 0. The molecule has 0 atom stereocenters. The van der Waals surface area contributed by atoms with Gasteiger partial charge in [-0.3, -0.25) is 0 Å². The Bertz CT molecular complexity index is 3550. The van der Waals surface area contributed by atoms with Crippen LogP contribution in [0.15, 0.2) is 133 Å². The minimum Gasteiger partial charge on any atom is -0.204 e. The smallest absolute Gasteiger partial charge is 0.167 e. The van der Waals surface area contributed by atoms with E-state index in [0.717, 1.165) is 53.9 Å². The Balaban J connectivity index is 1.62. The van der Waals surface area contributed by atoms with Gasteiger partial charge in [0.2, 0.25) is 0 Å². The Morgan fingerprint density at radius 3 is 0.740 bits per heavy atom. The van der Waals surface area contributed by atoms with Gasteiger partial charge >= 0.3 is 0 Å². The van der Waals surface area contributed by atoms with Gasteiger partial charge in [0.05, 0.1) is 0 Å². The monoisotopic (exact) mass is 636 g/mol. The van der Waals surface area contributed by atoms with Crippen molar-refractivity contribution in [1.82, 2.24) is 0 Å². The molecule has 13 aromatic rings. The van der Waals surface area contributed by atoms with Crippen molar-refractivity contribution in [3.63, 3.8) is 0 Å². The normalized spacial score (nSPS) is 13.0. The fourth-order valence-electron chi connectivity index (χ4n) is 10.3. The third kappa shape index (κ3) is 2.63. The SMILES string of the molecule is Fc1ccc2c(c1F)c1c3ccccc3c3c4ccccc4c4c5ccccc5c5c6ccccc6c6c7ccccc7c2c2c6c5c4c3c12. The van der Waals surface area contributed by atoms with E-state index in [2.05, 4.69) is 115 Å². The van der Waals surface area contributed by atoms with Crippen molar-refractivity contribution in [1.29, 1.82) is 0 Å². The minimum absolute atomic E-state index is 0.359. The summed E-state index contributed by atoms with van der Waals surface area (Å²) in [6, 6.07) is 46.5. The summed E-state index contributed by atoms with van der Waals surface area (Å²) in [5.74, 6) is -1.61. The lowest BCUT2D eigenvalue weighted by molar-refractivity contribution is 0.517. The van der Waals surface area contributed by atoms with Crippen LogP contribution < -0.4 is 0 Å². The van der Waals surface area contributed by atoms with Crippen molar-refractivity contribution in [2.75, 3.05) is 0 Å². The maximum absolute atomic E-state index is 16.7. The molecule has 2 heteroatoms. The average Bonchev–Trinajstić information content (AvgIpc) is 3.17. The molecule has 13 rings (SSSR count). The highest BCUT2D eigenvalue weighted by atomic mass is 19.2. The molecule has 0 fully saturated rings. The molecular formula is C48H22F2. The van der Waals surface area contributed by atoms with Crippen LogP contribution in [0.25, 0.3) is 129 Å². The molecule has 0 saturated carbocycles. The van der Waals surface area contributed by atoms with E-state index in [1.165, 1.54) is 76.1 Å². The lowest BCUT2D eigenvalue weighted by Gasteiger charge is -2.28. The van der Waals surface area contributed by atoms with Gasteiger partial charge in [0.25, 0.3) is 0 Å². The lowest BCUT2D eigenvalue weighted by Crippen LogP contribution is -2.00. The molecule has 0 nitrogen and oxygen atoms in total. The van der Waals surface area contributed by atoms with Crippen molar-refractivity contribution >= 4 is 129 Å². The topological polar surface area (TPSA) is 0 Å². The Morgan fingerprint density at radius 2 is 0.440 bits per heavy atom. The first-order valence-electron chi connectivity index (χ1n) is 17.2. The van der Waals surface area contributed by atoms with Crippen LogP contribution in [0.5, 0.6) is 0 Å². The van der Waals surface area contributed by atoms with Crippen LogP contribution in [0.1, 0.15) is 0 Å². The van der Waals surface area contributed by atoms with Gasteiger partial charge in [0.15, 0.2) is 11.6 Å². The first-order chi connectivity index (χ1) is 24.7. The predicted octanol–water partition coefficient (Wildman–Crippen LogP) is 14.1. The Kier molecular flexibility index (Phi) is 4.31. The van der Waals surface area contributed by atoms with Crippen molar-refractivity contribution in [2.45, 2.75) is 0 Å². The predicted molar refractivity (Wildman–Crippen MR) is 210 cm³/mol. The molecule has 0 bridgehead atoms. The van der Waals surface area contributed by atoms with Crippen LogP contribution in [0.4, 0.5) is 8.78 Å². The van der Waals surface area contributed by atoms with Gasteiger partial charge in [0, 0.05) is 16.2 Å². The van der Waals surface area contributed by atoms with Gasteiger partial charge in [-0.25, -0.2) is 8.78 Å². The summed E-state index contributed by atoms with van der Waals surface area (Å²) in [6.07, 6.45) is 0. The molecule has 13 aromatic carbocycles. The van der Waals surface area contributed by atoms with E-state index < -0.39 is 11.6 Å². The summed E-state index contributed by atoms with van der Waals surface area (Å²) in [5.41, 5.74) is 0. The molecule has 0 aliphatic heterocycles. The zero-order chi connectivity index (χ0) is 32.6. The molecule has 0 radical (unpaired) electrons. The molecule has 0 heterocycles. The van der Waals surface area contributed by atoms with E-state index in [4.69, 9.17) is 0 Å². The van der Waals surface area contributed by atoms with Crippen LogP contribution >= 0.6 is 0 Å². The van der Waals surface area contributed by atoms with E-state index in [-0.39, 0.29) is 0 Å². The molecule has 0 aliphatic rings. The summed E-state index contributed by atoms with van der Waals surface area (Å²) < 4.78 is 32.3. The largest absolute Gasteiger partial charge is 0.204 e. The van der Waals surface area contributed by atoms with Crippen LogP contribution in [-0.4, -0.2) is 0 Å². The maximum Gasteiger partial charge on any atom is 0.167 e. The van der Waals surface area contributed by atoms with Gasteiger partial charge in [0.1, 0.15) is 0 Å². The summed E-state index contributed by atoms with van der Waals surface area (Å²) >= 11 is 0. The highest BCUT2D eigenvalue weighted by molar-refractivity contribution is 6.60. The lowest BCUT2D eigenvalue weighted by atomic mass is 9.74. The Labute approximate surface area is 282 Å². The molecule has 0 saturated heterocycles. The first kappa shape index (κ1) is 25.6. The Morgan fingerprint density at radius 1 is 0.200 bits per heavy atom. The van der Waals surface area contributed by atoms with Crippen LogP contribution in [0, 0.1) is 11.6 Å². The van der Waals surface area contributed by atoms with E-state index in [0.29, 0.717) is 5.39 Å². The highest BCUT2D eigenvalue weighted by Gasteiger charge is 2.31. The molecule has 0 aromatic heterocycles. The molecule has 0 unspecified atom stereocenters. The second-order valence-electron chi connectivity index (χ2n) is 14.0. The second kappa shape index (κ2) is 8.42. The van der Waals surface area contributed by atoms with Crippen molar-refractivity contribution < 1.29 is 8.78 Å². The van der Waals surface area contributed by atoms with E-state index >= 15 is 8.78 Å². The highest BCUT2D eigenvalue weighted by Crippen LogP contribution is 2.59. The Hall–Kier alpha value is -6.38. The summed E-state index contributed by atoms with van der Waals surface area (Å²) in [6.45, 7) is 0. The number of rotatable bonds is 0. The summed E-state index contributed by atoms with van der Waals surface area (Å²) in [4.78, 5) is 0. The van der Waals surface area contributed by atoms with Gasteiger partial charge in [-0.15, -0.1) is 0 Å². The van der Waals surface area contributed by atoms with Crippen LogP contribution in [-0.2, 0) is 0 Å². The average molecular weight is 637 g/mol. The third-order valence-electron chi connectivity index (χ3n) is 11.9. The van der Waals surface area contributed by atoms with Crippen molar-refractivity contribution in [2.24, 2.45) is 0 Å². The minimum atomic E-state index is -0.826. The summed E-state index contributed by atoms with van der Waals surface area (Å²) in [7, 11) is 0. The molecule has 0 N–H and O–H groups in total. The number of benzene rings is 13. The molecule has 50 heavy (non-hydrogen) atoms. The van der Waals surface area contributed by atoms with Gasteiger partial charge in [-0.1, -0.05) is 127 Å². The van der Waals surface area contributed by atoms with Gasteiger partial charge < -0.3 is 0 Å². The zero-order valence-corrected chi connectivity index (χ0v) is 26.5. The number of hydrogen-bond donors (Lipinski definition) is 0. The quantitative estimate of drug-likeness (QED) is 0.115.